The molecular weight excluding hydrogens is 372 g/mol. The highest BCUT2D eigenvalue weighted by atomic mass is 16.5. The van der Waals surface area contributed by atoms with E-state index in [9.17, 15) is 0 Å². The normalized spacial score (nSPS) is 24.0. The highest BCUT2D eigenvalue weighted by Gasteiger charge is 2.33. The van der Waals surface area contributed by atoms with Crippen molar-refractivity contribution in [2.75, 3.05) is 20.1 Å². The average molecular weight is 399 g/mol. The van der Waals surface area contributed by atoms with Gasteiger partial charge in [0.1, 0.15) is 6.17 Å². The second-order valence-electron chi connectivity index (χ2n) is 7.81. The van der Waals surface area contributed by atoms with Gasteiger partial charge in [-0.3, -0.25) is 5.01 Å². The minimum Gasteiger partial charge on any atom is -0.437 e. The molecule has 5 rings (SSSR count). The Kier molecular flexibility index (Phi) is 4.60. The van der Waals surface area contributed by atoms with Crippen molar-refractivity contribution in [1.82, 2.24) is 20.7 Å². The van der Waals surface area contributed by atoms with E-state index in [0.717, 1.165) is 51.9 Å². The molecule has 5 heteroatoms. The Balaban J connectivity index is 1.74. The minimum atomic E-state index is -0.0843. The number of likely N-dealkylation sites (N-methyl/N-ethyl adjacent to an activating group) is 1. The lowest BCUT2D eigenvalue weighted by Gasteiger charge is -2.37. The summed E-state index contributed by atoms with van der Waals surface area (Å²) in [5, 5.41) is 5.61. The monoisotopic (exact) mass is 398 g/mol. The molecule has 152 valence electrons. The molecule has 0 spiro atoms. The molecular formula is C25H26N4O. The largest absolute Gasteiger partial charge is 0.437 e. The SMILES string of the molecule is C=C1/C=C\CNN(C2C=CC=C(C)N2)C2=C1c1ccccc1C1=C(C=CCN1C)O2. The van der Waals surface area contributed by atoms with Crippen LogP contribution < -0.4 is 10.7 Å². The topological polar surface area (TPSA) is 39.8 Å². The molecule has 0 fully saturated rings. The van der Waals surface area contributed by atoms with Gasteiger partial charge in [0.15, 0.2) is 5.76 Å². The van der Waals surface area contributed by atoms with Gasteiger partial charge in [-0.15, -0.1) is 0 Å². The van der Waals surface area contributed by atoms with Crippen LogP contribution in [-0.4, -0.2) is 36.2 Å². The first-order valence-electron chi connectivity index (χ1n) is 10.3. The zero-order chi connectivity index (χ0) is 20.7. The number of hydrogen-bond donors (Lipinski definition) is 2. The minimum absolute atomic E-state index is 0.0843. The van der Waals surface area contributed by atoms with Gasteiger partial charge in [-0.25, -0.2) is 5.43 Å². The second-order valence-corrected chi connectivity index (χ2v) is 7.81. The Morgan fingerprint density at radius 1 is 1.13 bits per heavy atom. The molecule has 2 N–H and O–H groups in total. The van der Waals surface area contributed by atoms with Crippen LogP contribution in [0.3, 0.4) is 0 Å². The van der Waals surface area contributed by atoms with Gasteiger partial charge >= 0.3 is 0 Å². The first kappa shape index (κ1) is 18.6. The van der Waals surface area contributed by atoms with Gasteiger partial charge in [-0.2, -0.15) is 0 Å². The van der Waals surface area contributed by atoms with E-state index in [-0.39, 0.29) is 6.17 Å². The molecule has 0 radical (unpaired) electrons. The third kappa shape index (κ3) is 3.08. The van der Waals surface area contributed by atoms with Crippen molar-refractivity contribution in [2.24, 2.45) is 0 Å². The fourth-order valence-corrected chi connectivity index (χ4v) is 4.27. The summed E-state index contributed by atoms with van der Waals surface area (Å²) >= 11 is 0. The van der Waals surface area contributed by atoms with Crippen LogP contribution in [0, 0.1) is 0 Å². The van der Waals surface area contributed by atoms with E-state index in [2.05, 4.69) is 108 Å². The standard InChI is InChI=1S/C25H26N4O/c1-17-9-7-15-26-29(22-14-6-10-18(2)27-22)25-23(17)19-11-4-5-12-20(19)24-21(30-25)13-8-16-28(24)3/h4-14,22,26-27H,1,15-16H2,2-3H3/b9-7-. The van der Waals surface area contributed by atoms with E-state index in [0.29, 0.717) is 6.54 Å². The van der Waals surface area contributed by atoms with E-state index < -0.39 is 0 Å². The number of hydrogen-bond acceptors (Lipinski definition) is 5. The van der Waals surface area contributed by atoms with E-state index >= 15 is 0 Å². The number of rotatable bonds is 1. The van der Waals surface area contributed by atoms with Gasteiger partial charge < -0.3 is 15.0 Å². The van der Waals surface area contributed by atoms with Gasteiger partial charge in [0, 0.05) is 31.4 Å². The Labute approximate surface area is 177 Å². The number of nitrogens with one attached hydrogen (secondary N) is 2. The van der Waals surface area contributed by atoms with Crippen LogP contribution in [0.1, 0.15) is 18.1 Å². The molecule has 4 aliphatic heterocycles. The maximum atomic E-state index is 6.69. The lowest BCUT2D eigenvalue weighted by atomic mass is 9.92. The zero-order valence-electron chi connectivity index (χ0n) is 17.4. The molecule has 4 heterocycles. The van der Waals surface area contributed by atoms with Crippen LogP contribution in [0.15, 0.2) is 96.3 Å². The van der Waals surface area contributed by atoms with Crippen LogP contribution in [0.2, 0.25) is 0 Å². The Hall–Kier alpha value is -3.44. The molecule has 0 saturated carbocycles. The van der Waals surface area contributed by atoms with Gasteiger partial charge in [0.2, 0.25) is 5.88 Å². The molecule has 5 nitrogen and oxygen atoms in total. The van der Waals surface area contributed by atoms with Gasteiger partial charge in [0.25, 0.3) is 0 Å². The molecule has 1 unspecified atom stereocenters. The number of ether oxygens (including phenoxy) is 1. The molecule has 1 atom stereocenters. The summed E-state index contributed by atoms with van der Waals surface area (Å²) in [4.78, 5) is 2.23. The predicted molar refractivity (Wildman–Crippen MR) is 121 cm³/mol. The molecule has 1 aromatic carbocycles. The summed E-state index contributed by atoms with van der Waals surface area (Å²) in [5.74, 6) is 1.59. The van der Waals surface area contributed by atoms with Gasteiger partial charge in [-0.05, 0) is 36.3 Å². The smallest absolute Gasteiger partial charge is 0.220 e. The summed E-state index contributed by atoms with van der Waals surface area (Å²) in [6.45, 7) is 7.99. The summed E-state index contributed by atoms with van der Waals surface area (Å²) in [6, 6.07) is 8.48. The van der Waals surface area contributed by atoms with Crippen molar-refractivity contribution in [2.45, 2.75) is 13.1 Å². The third-order valence-electron chi connectivity index (χ3n) is 5.67. The first-order chi connectivity index (χ1) is 14.6. The van der Waals surface area contributed by atoms with Gasteiger partial charge in [0.05, 0.1) is 11.3 Å². The molecule has 0 aromatic heterocycles. The van der Waals surface area contributed by atoms with Crippen LogP contribution in [0.4, 0.5) is 0 Å². The molecule has 4 aliphatic rings. The quantitative estimate of drug-likeness (QED) is 0.751. The number of dihydropyridines is 1. The maximum Gasteiger partial charge on any atom is 0.220 e. The highest BCUT2D eigenvalue weighted by Crippen LogP contribution is 2.42. The van der Waals surface area contributed by atoms with Crippen molar-refractivity contribution in [3.8, 4) is 0 Å². The van der Waals surface area contributed by atoms with Crippen LogP contribution >= 0.6 is 0 Å². The number of benzene rings is 1. The maximum absolute atomic E-state index is 6.69. The summed E-state index contributed by atoms with van der Waals surface area (Å²) in [5.41, 5.74) is 9.92. The van der Waals surface area contributed by atoms with Crippen LogP contribution in [0.5, 0.6) is 0 Å². The summed E-state index contributed by atoms with van der Waals surface area (Å²) in [6.07, 6.45) is 14.6. The first-order valence-corrected chi connectivity index (χ1v) is 10.3. The van der Waals surface area contributed by atoms with Crippen LogP contribution in [0.25, 0.3) is 11.3 Å². The van der Waals surface area contributed by atoms with E-state index in [1.165, 1.54) is 0 Å². The Bertz CT molecular complexity index is 1090. The lowest BCUT2D eigenvalue weighted by molar-refractivity contribution is 0.0924. The third-order valence-corrected chi connectivity index (χ3v) is 5.67. The number of nitrogens with zero attached hydrogens (tertiary/aromatic N) is 2. The number of hydrazine groups is 1. The van der Waals surface area contributed by atoms with Crippen molar-refractivity contribution in [1.29, 1.82) is 0 Å². The number of allylic oxidation sites excluding steroid dienone is 7. The van der Waals surface area contributed by atoms with Gasteiger partial charge in [-0.1, -0.05) is 55.1 Å². The molecule has 0 bridgehead atoms. The fourth-order valence-electron chi connectivity index (χ4n) is 4.27. The molecule has 0 amide bonds. The fraction of sp³-hybridized carbons (Fsp3) is 0.200. The average Bonchev–Trinajstić information content (AvgIpc) is 2.87. The molecule has 30 heavy (non-hydrogen) atoms. The number of fused-ring (bicyclic) bond motifs is 3. The highest BCUT2D eigenvalue weighted by molar-refractivity contribution is 5.90. The summed E-state index contributed by atoms with van der Waals surface area (Å²) in [7, 11) is 2.10. The van der Waals surface area contributed by atoms with Crippen molar-refractivity contribution in [3.63, 3.8) is 0 Å². The van der Waals surface area contributed by atoms with E-state index in [1.54, 1.807) is 0 Å². The zero-order valence-corrected chi connectivity index (χ0v) is 17.4. The molecule has 1 aromatic rings. The predicted octanol–water partition coefficient (Wildman–Crippen LogP) is 3.88. The lowest BCUT2D eigenvalue weighted by Crippen LogP contribution is -2.52. The van der Waals surface area contributed by atoms with Crippen molar-refractivity contribution in [3.05, 3.63) is 107 Å². The second kappa shape index (κ2) is 7.43. The Morgan fingerprint density at radius 3 is 2.80 bits per heavy atom. The van der Waals surface area contributed by atoms with Crippen LogP contribution in [-0.2, 0) is 4.74 Å². The van der Waals surface area contributed by atoms with Crippen molar-refractivity contribution >= 4 is 11.3 Å². The Morgan fingerprint density at radius 2 is 1.97 bits per heavy atom. The van der Waals surface area contributed by atoms with Crippen molar-refractivity contribution < 1.29 is 4.74 Å². The van der Waals surface area contributed by atoms with E-state index in [1.807, 2.05) is 0 Å². The van der Waals surface area contributed by atoms with E-state index in [4.69, 9.17) is 4.74 Å². The molecule has 0 saturated heterocycles. The summed E-state index contributed by atoms with van der Waals surface area (Å²) < 4.78 is 6.69. The molecule has 0 aliphatic carbocycles.